The van der Waals surface area contributed by atoms with E-state index in [1.807, 2.05) is 72.8 Å². The number of furan rings is 1. The average molecular weight is 537 g/mol. The molecule has 6 heteroatoms. The Kier molecular flexibility index (Phi) is 5.98. The van der Waals surface area contributed by atoms with Crippen LogP contribution < -0.4 is 4.90 Å². The molecule has 0 saturated heterocycles. The Morgan fingerprint density at radius 1 is 0.879 bits per heavy atom. The molecule has 5 rings (SSSR count). The fourth-order valence-electron chi connectivity index (χ4n) is 3.72. The average Bonchev–Trinajstić information content (AvgIpc) is 3.41. The monoisotopic (exact) mass is 535 g/mol. The van der Waals surface area contributed by atoms with Gasteiger partial charge in [0.15, 0.2) is 0 Å². The van der Waals surface area contributed by atoms with Gasteiger partial charge in [0.1, 0.15) is 11.5 Å². The summed E-state index contributed by atoms with van der Waals surface area (Å²) in [6, 6.07) is 26.3. The third-order valence-corrected chi connectivity index (χ3v) is 6.50. The first-order chi connectivity index (χ1) is 16.0. The van der Waals surface area contributed by atoms with Crippen molar-refractivity contribution >= 4 is 62.5 Å². The van der Waals surface area contributed by atoms with E-state index < -0.39 is 0 Å². The molecule has 0 spiro atoms. The molecule has 0 aliphatic carbocycles. The minimum Gasteiger partial charge on any atom is -0.457 e. The van der Waals surface area contributed by atoms with Gasteiger partial charge in [-0.05, 0) is 76.1 Å². The van der Waals surface area contributed by atoms with Gasteiger partial charge in [-0.1, -0.05) is 65.7 Å². The summed E-state index contributed by atoms with van der Waals surface area (Å²) in [5, 5.41) is 1.10. The van der Waals surface area contributed by atoms with Gasteiger partial charge in [0.05, 0.1) is 16.4 Å². The molecule has 33 heavy (non-hydrogen) atoms. The summed E-state index contributed by atoms with van der Waals surface area (Å²) in [5.74, 6) is 0.983. The molecule has 0 unspecified atom stereocenters. The molecular weight excluding hydrogens is 521 g/mol. The van der Waals surface area contributed by atoms with Gasteiger partial charge < -0.3 is 4.42 Å². The van der Waals surface area contributed by atoms with Crippen LogP contribution in [0.4, 0.5) is 5.69 Å². The van der Waals surface area contributed by atoms with Crippen LogP contribution in [0.15, 0.2) is 105 Å². The van der Waals surface area contributed by atoms with Gasteiger partial charge in [0, 0.05) is 20.6 Å². The number of anilines is 1. The first kappa shape index (κ1) is 21.8. The Morgan fingerprint density at radius 3 is 2.42 bits per heavy atom. The number of nitrogens with zero attached hydrogens (tertiary/aromatic N) is 1. The maximum Gasteiger partial charge on any atom is 0.263 e. The molecule has 162 valence electrons. The third-order valence-electron chi connectivity index (χ3n) is 5.26. The zero-order valence-corrected chi connectivity index (χ0v) is 20.2. The number of carbonyl (C=O) groups is 1. The van der Waals surface area contributed by atoms with Crippen LogP contribution in [0, 0.1) is 0 Å². The predicted molar refractivity (Wildman–Crippen MR) is 138 cm³/mol. The van der Waals surface area contributed by atoms with E-state index in [4.69, 9.17) is 27.6 Å². The number of benzene rings is 3. The smallest absolute Gasteiger partial charge is 0.263 e. The van der Waals surface area contributed by atoms with Gasteiger partial charge in [-0.3, -0.25) is 9.69 Å². The van der Waals surface area contributed by atoms with Crippen LogP contribution in [0.1, 0.15) is 11.3 Å². The Balaban J connectivity index is 1.57. The Morgan fingerprint density at radius 2 is 1.64 bits per heavy atom. The number of rotatable bonds is 4. The molecule has 3 aromatic carbocycles. The van der Waals surface area contributed by atoms with Gasteiger partial charge in [-0.2, -0.15) is 0 Å². The SMILES string of the molecule is O=C1C(=Cc2ccc(-c3cc(Cl)ccc3Cl)o2)C=C(c2ccccc2)N1c1ccccc1Br. The number of hydrogen-bond donors (Lipinski definition) is 0. The van der Waals surface area contributed by atoms with E-state index in [1.54, 1.807) is 29.2 Å². The second-order valence-corrected chi connectivity index (χ2v) is 9.11. The van der Waals surface area contributed by atoms with Crippen molar-refractivity contribution in [3.63, 3.8) is 0 Å². The fourth-order valence-corrected chi connectivity index (χ4v) is 4.57. The third kappa shape index (κ3) is 4.30. The molecule has 2 heterocycles. The van der Waals surface area contributed by atoms with Gasteiger partial charge in [0.25, 0.3) is 5.91 Å². The van der Waals surface area contributed by atoms with Gasteiger partial charge in [-0.25, -0.2) is 0 Å². The Hall–Kier alpha value is -3.05. The molecular formula is C27H16BrCl2NO2. The van der Waals surface area contributed by atoms with Crippen molar-refractivity contribution in [2.45, 2.75) is 0 Å². The number of para-hydroxylation sites is 1. The minimum absolute atomic E-state index is 0.139. The Labute approximate surface area is 209 Å². The predicted octanol–water partition coefficient (Wildman–Crippen LogP) is 8.49. The topological polar surface area (TPSA) is 33.5 Å². The highest BCUT2D eigenvalue weighted by atomic mass is 79.9. The van der Waals surface area contributed by atoms with Crippen molar-refractivity contribution in [3.8, 4) is 11.3 Å². The highest BCUT2D eigenvalue weighted by Gasteiger charge is 2.31. The summed E-state index contributed by atoms with van der Waals surface area (Å²) in [6.07, 6.45) is 3.62. The summed E-state index contributed by atoms with van der Waals surface area (Å²) < 4.78 is 6.82. The standard InChI is InChI=1S/C27H16BrCl2NO2/c28-22-8-4-5-9-24(22)31-25(17-6-2-1-3-7-17)15-18(27(31)32)14-20-11-13-26(33-20)21-16-19(29)10-12-23(21)30/h1-16H. The molecule has 0 saturated carbocycles. The van der Waals surface area contributed by atoms with Crippen molar-refractivity contribution in [2.75, 3.05) is 4.90 Å². The lowest BCUT2D eigenvalue weighted by Gasteiger charge is -2.22. The van der Waals surface area contributed by atoms with E-state index in [-0.39, 0.29) is 5.91 Å². The number of carbonyl (C=O) groups excluding carboxylic acids is 1. The van der Waals surface area contributed by atoms with E-state index in [1.165, 1.54) is 0 Å². The normalized spacial score (nSPS) is 14.8. The van der Waals surface area contributed by atoms with Crippen LogP contribution in [-0.2, 0) is 4.79 Å². The largest absolute Gasteiger partial charge is 0.457 e. The van der Waals surface area contributed by atoms with Gasteiger partial charge >= 0.3 is 0 Å². The molecule has 0 radical (unpaired) electrons. The maximum absolute atomic E-state index is 13.5. The van der Waals surface area contributed by atoms with Crippen molar-refractivity contribution in [1.29, 1.82) is 0 Å². The molecule has 1 amide bonds. The molecule has 1 aromatic heterocycles. The van der Waals surface area contributed by atoms with E-state index in [0.29, 0.717) is 32.7 Å². The summed E-state index contributed by atoms with van der Waals surface area (Å²) in [7, 11) is 0. The minimum atomic E-state index is -0.139. The molecule has 0 fully saturated rings. The van der Waals surface area contributed by atoms with E-state index in [0.717, 1.165) is 21.4 Å². The van der Waals surface area contributed by atoms with Crippen LogP contribution in [0.3, 0.4) is 0 Å². The molecule has 0 bridgehead atoms. The van der Waals surface area contributed by atoms with Crippen LogP contribution in [0.2, 0.25) is 10.0 Å². The molecule has 3 nitrogen and oxygen atoms in total. The first-order valence-corrected chi connectivity index (χ1v) is 11.7. The maximum atomic E-state index is 13.5. The van der Waals surface area contributed by atoms with Crippen LogP contribution in [0.5, 0.6) is 0 Å². The molecule has 4 aromatic rings. The summed E-state index contributed by atoms with van der Waals surface area (Å²) in [5.41, 5.74) is 3.72. The zero-order chi connectivity index (χ0) is 22.9. The lowest BCUT2D eigenvalue weighted by atomic mass is 10.1. The fraction of sp³-hybridized carbons (Fsp3) is 0. The second-order valence-electron chi connectivity index (χ2n) is 7.41. The van der Waals surface area contributed by atoms with Crippen molar-refractivity contribution in [2.24, 2.45) is 0 Å². The lowest BCUT2D eigenvalue weighted by Crippen LogP contribution is -2.25. The van der Waals surface area contributed by atoms with Gasteiger partial charge in [0.2, 0.25) is 0 Å². The summed E-state index contributed by atoms with van der Waals surface area (Å²) in [4.78, 5) is 15.2. The van der Waals surface area contributed by atoms with E-state index in [2.05, 4.69) is 15.9 Å². The quantitative estimate of drug-likeness (QED) is 0.245. The summed E-state index contributed by atoms with van der Waals surface area (Å²) >= 11 is 16.0. The van der Waals surface area contributed by atoms with Crippen molar-refractivity contribution in [3.05, 3.63) is 122 Å². The van der Waals surface area contributed by atoms with Crippen LogP contribution in [-0.4, -0.2) is 5.91 Å². The number of hydrogen-bond acceptors (Lipinski definition) is 2. The Bertz CT molecular complexity index is 1420. The number of amides is 1. The van der Waals surface area contributed by atoms with E-state index in [9.17, 15) is 4.79 Å². The van der Waals surface area contributed by atoms with Crippen molar-refractivity contribution < 1.29 is 9.21 Å². The first-order valence-electron chi connectivity index (χ1n) is 10.1. The van der Waals surface area contributed by atoms with E-state index >= 15 is 0 Å². The molecule has 1 aliphatic rings. The van der Waals surface area contributed by atoms with Crippen LogP contribution in [0.25, 0.3) is 23.1 Å². The summed E-state index contributed by atoms with van der Waals surface area (Å²) in [6.45, 7) is 0. The highest BCUT2D eigenvalue weighted by molar-refractivity contribution is 9.10. The molecule has 1 aliphatic heterocycles. The van der Waals surface area contributed by atoms with Crippen molar-refractivity contribution in [1.82, 2.24) is 0 Å². The lowest BCUT2D eigenvalue weighted by molar-refractivity contribution is -0.113. The zero-order valence-electron chi connectivity index (χ0n) is 17.1. The highest BCUT2D eigenvalue weighted by Crippen LogP contribution is 2.39. The molecule has 0 N–H and O–H groups in total. The number of halogens is 3. The van der Waals surface area contributed by atoms with Gasteiger partial charge in [-0.15, -0.1) is 0 Å². The second kappa shape index (κ2) is 9.06. The molecule has 0 atom stereocenters. The van der Waals surface area contributed by atoms with Crippen LogP contribution >= 0.6 is 39.1 Å².